The van der Waals surface area contributed by atoms with Gasteiger partial charge in [-0.05, 0) is 84.6 Å². The van der Waals surface area contributed by atoms with Crippen molar-refractivity contribution in [2.45, 2.75) is 111 Å². The minimum Gasteiger partial charge on any atom is -0.508 e. The zero-order chi connectivity index (χ0) is 27.0. The molecule has 0 aliphatic carbocycles. The summed E-state index contributed by atoms with van der Waals surface area (Å²) >= 11 is 0. The highest BCUT2D eigenvalue weighted by Crippen LogP contribution is 2.33. The number of hydrogen-bond donors (Lipinski definition) is 3. The number of ether oxygens (including phenoxy) is 1. The molecule has 8 nitrogen and oxygen atoms in total. The monoisotopic (exact) mass is 491 g/mol. The van der Waals surface area contributed by atoms with Crippen molar-refractivity contribution in [1.82, 2.24) is 15.5 Å². The van der Waals surface area contributed by atoms with E-state index in [1.54, 1.807) is 51.7 Å². The summed E-state index contributed by atoms with van der Waals surface area (Å²) in [4.78, 5) is 41.3. The van der Waals surface area contributed by atoms with Crippen molar-refractivity contribution in [2.75, 3.05) is 6.54 Å². The molecule has 0 aromatic heterocycles. The van der Waals surface area contributed by atoms with Crippen LogP contribution in [0.5, 0.6) is 5.75 Å². The second-order valence-electron chi connectivity index (χ2n) is 10.7. The highest BCUT2D eigenvalue weighted by molar-refractivity contribution is 5.92. The largest absolute Gasteiger partial charge is 0.508 e. The highest BCUT2D eigenvalue weighted by Gasteiger charge is 2.42. The fourth-order valence-electron chi connectivity index (χ4n) is 3.65. The number of hydrogen-bond acceptors (Lipinski definition) is 5. The zero-order valence-electron chi connectivity index (χ0n) is 22.9. The second kappa shape index (κ2) is 12.8. The van der Waals surface area contributed by atoms with Gasteiger partial charge in [-0.3, -0.25) is 9.59 Å². The van der Waals surface area contributed by atoms with Gasteiger partial charge < -0.3 is 25.4 Å². The van der Waals surface area contributed by atoms with Crippen molar-refractivity contribution in [3.8, 4) is 5.75 Å². The van der Waals surface area contributed by atoms with Gasteiger partial charge in [-0.1, -0.05) is 32.8 Å². The van der Waals surface area contributed by atoms with Crippen LogP contribution in [0, 0.1) is 6.92 Å². The summed E-state index contributed by atoms with van der Waals surface area (Å²) in [5, 5.41) is 15.7. The Hall–Kier alpha value is -2.77. The van der Waals surface area contributed by atoms with E-state index in [2.05, 4.69) is 17.6 Å². The average molecular weight is 492 g/mol. The second-order valence-corrected chi connectivity index (χ2v) is 10.7. The predicted octanol–water partition coefficient (Wildman–Crippen LogP) is 4.98. The molecule has 1 rings (SSSR count). The molecule has 0 aliphatic rings. The molecule has 3 N–H and O–H groups in total. The Bertz CT molecular complexity index is 876. The van der Waals surface area contributed by atoms with Crippen molar-refractivity contribution < 1.29 is 24.2 Å². The molecule has 0 saturated heterocycles. The Morgan fingerprint density at radius 3 is 2.23 bits per heavy atom. The smallest absolute Gasteiger partial charge is 0.408 e. The Morgan fingerprint density at radius 2 is 1.71 bits per heavy atom. The molecule has 2 unspecified atom stereocenters. The van der Waals surface area contributed by atoms with Gasteiger partial charge in [-0.25, -0.2) is 4.79 Å². The minimum atomic E-state index is -0.943. The van der Waals surface area contributed by atoms with E-state index in [9.17, 15) is 19.5 Å². The Labute approximate surface area is 210 Å². The van der Waals surface area contributed by atoms with Crippen LogP contribution in [0.4, 0.5) is 4.79 Å². The number of alkyl carbamates (subject to hydrolysis) is 1. The number of aromatic hydroxyl groups is 1. The first-order valence-corrected chi connectivity index (χ1v) is 12.5. The number of carbonyl (C=O) groups excluding carboxylic acids is 3. The van der Waals surface area contributed by atoms with Crippen LogP contribution in [0.1, 0.15) is 98.2 Å². The molecule has 0 radical (unpaired) electrons. The van der Waals surface area contributed by atoms with Gasteiger partial charge in [-0.15, -0.1) is 0 Å². The van der Waals surface area contributed by atoms with Crippen molar-refractivity contribution in [3.63, 3.8) is 0 Å². The number of nitrogens with zero attached hydrogens (tertiary/aromatic N) is 1. The van der Waals surface area contributed by atoms with Crippen LogP contribution in [0.25, 0.3) is 0 Å². The van der Waals surface area contributed by atoms with Crippen molar-refractivity contribution >= 4 is 17.9 Å². The summed E-state index contributed by atoms with van der Waals surface area (Å²) in [6.45, 7) is 16.9. The number of carbonyl (C=O) groups is 3. The van der Waals surface area contributed by atoms with Crippen molar-refractivity contribution in [2.24, 2.45) is 0 Å². The maximum absolute atomic E-state index is 13.8. The number of nitrogens with one attached hydrogen (secondary N) is 2. The topological polar surface area (TPSA) is 108 Å². The van der Waals surface area contributed by atoms with Crippen molar-refractivity contribution in [1.29, 1.82) is 0 Å². The maximum Gasteiger partial charge on any atom is 0.408 e. The lowest BCUT2D eigenvalue weighted by molar-refractivity contribution is -0.149. The van der Waals surface area contributed by atoms with Crippen LogP contribution in [-0.2, 0) is 14.3 Å². The predicted molar refractivity (Wildman–Crippen MR) is 138 cm³/mol. The molecule has 35 heavy (non-hydrogen) atoms. The number of phenols is 1. The van der Waals surface area contributed by atoms with Crippen molar-refractivity contribution in [3.05, 3.63) is 29.3 Å². The Balaban J connectivity index is 3.44. The molecular weight excluding hydrogens is 446 g/mol. The van der Waals surface area contributed by atoms with Gasteiger partial charge in [0, 0.05) is 12.1 Å². The molecular formula is C27H45N3O5. The summed E-state index contributed by atoms with van der Waals surface area (Å²) in [6.07, 6.45) is 2.73. The summed E-state index contributed by atoms with van der Waals surface area (Å²) in [5.74, 6) is -0.587. The van der Waals surface area contributed by atoms with Gasteiger partial charge in [0.05, 0.1) is 0 Å². The van der Waals surface area contributed by atoms with E-state index >= 15 is 0 Å². The van der Waals surface area contributed by atoms with Crippen LogP contribution in [-0.4, -0.2) is 51.6 Å². The lowest BCUT2D eigenvalue weighted by atomic mass is 9.91. The molecule has 8 heteroatoms. The first-order valence-electron chi connectivity index (χ1n) is 12.5. The zero-order valence-corrected chi connectivity index (χ0v) is 22.9. The summed E-state index contributed by atoms with van der Waals surface area (Å²) < 4.78 is 5.32. The van der Waals surface area contributed by atoms with E-state index in [0.717, 1.165) is 19.3 Å². The normalized spacial score (nSPS) is 13.5. The summed E-state index contributed by atoms with van der Waals surface area (Å²) in [7, 11) is 0. The number of phenolic OH excluding ortho intramolecular Hbond substituents is 1. The minimum absolute atomic E-state index is 0.114. The van der Waals surface area contributed by atoms with Crippen LogP contribution in [0.3, 0.4) is 0 Å². The fourth-order valence-corrected chi connectivity index (χ4v) is 3.65. The first kappa shape index (κ1) is 30.3. The van der Waals surface area contributed by atoms with E-state index in [1.807, 2.05) is 20.8 Å². The van der Waals surface area contributed by atoms with Crippen LogP contribution >= 0.6 is 0 Å². The van der Waals surface area contributed by atoms with E-state index < -0.39 is 35.2 Å². The van der Waals surface area contributed by atoms with Gasteiger partial charge in [0.25, 0.3) is 0 Å². The molecule has 0 saturated carbocycles. The lowest BCUT2D eigenvalue weighted by Gasteiger charge is -2.44. The van der Waals surface area contributed by atoms with Gasteiger partial charge in [0.1, 0.15) is 23.4 Å². The number of rotatable bonds is 11. The third-order valence-corrected chi connectivity index (χ3v) is 5.98. The molecule has 0 spiro atoms. The van der Waals surface area contributed by atoms with E-state index in [-0.39, 0.29) is 11.7 Å². The third kappa shape index (κ3) is 9.07. The van der Waals surface area contributed by atoms with Gasteiger partial charge in [0.15, 0.2) is 0 Å². The highest BCUT2D eigenvalue weighted by atomic mass is 16.6. The molecule has 2 atom stereocenters. The molecule has 1 aromatic rings. The SMILES string of the molecule is CCCCCNC(=O)C(c1ccc(O)c(C)c1)N(C(=O)C(C)NC(=O)OC(C)(C)C)C(C)(C)CC. The standard InChI is InChI=1S/C27H45N3O5/c1-10-12-13-16-28-23(32)22(20-14-15-21(31)18(3)17-20)30(27(8,9)11-2)24(33)19(4)29-25(34)35-26(5,6)7/h14-15,17,19,22,31H,10-13,16H2,1-9H3,(H,28,32)(H,29,34). The number of amides is 3. The summed E-state index contributed by atoms with van der Waals surface area (Å²) in [6, 6.07) is 3.05. The van der Waals surface area contributed by atoms with Crippen LogP contribution < -0.4 is 10.6 Å². The fraction of sp³-hybridized carbons (Fsp3) is 0.667. The number of benzene rings is 1. The van der Waals surface area contributed by atoms with Crippen LogP contribution in [0.2, 0.25) is 0 Å². The lowest BCUT2D eigenvalue weighted by Crippen LogP contribution is -2.58. The van der Waals surface area contributed by atoms with Gasteiger partial charge >= 0.3 is 6.09 Å². The van der Waals surface area contributed by atoms with Gasteiger partial charge in [-0.2, -0.15) is 0 Å². The van der Waals surface area contributed by atoms with Gasteiger partial charge in [0.2, 0.25) is 11.8 Å². The maximum atomic E-state index is 13.8. The van der Waals surface area contributed by atoms with E-state index in [1.165, 1.54) is 6.07 Å². The molecule has 0 aliphatic heterocycles. The Kier molecular flexibility index (Phi) is 11.1. The van der Waals surface area contributed by atoms with E-state index in [4.69, 9.17) is 4.74 Å². The quantitative estimate of drug-likeness (QED) is 0.379. The van der Waals surface area contributed by atoms with Crippen LogP contribution in [0.15, 0.2) is 18.2 Å². The molecule has 0 fully saturated rings. The molecule has 0 heterocycles. The molecule has 1 aromatic carbocycles. The number of unbranched alkanes of at least 4 members (excludes halogenated alkanes) is 2. The first-order chi connectivity index (χ1) is 16.1. The molecule has 3 amide bonds. The summed E-state index contributed by atoms with van der Waals surface area (Å²) in [5.41, 5.74) is -0.224. The number of aryl methyl sites for hydroxylation is 1. The molecule has 0 bridgehead atoms. The Morgan fingerprint density at radius 1 is 1.09 bits per heavy atom. The third-order valence-electron chi connectivity index (χ3n) is 5.98. The van der Waals surface area contributed by atoms with E-state index in [0.29, 0.717) is 24.1 Å². The molecule has 198 valence electrons. The average Bonchev–Trinajstić information content (AvgIpc) is 2.74.